The summed E-state index contributed by atoms with van der Waals surface area (Å²) < 4.78 is 14.3. The van der Waals surface area contributed by atoms with Gasteiger partial charge in [-0.3, -0.25) is 4.79 Å². The first-order valence-corrected chi connectivity index (χ1v) is 11.4. The maximum absolute atomic E-state index is 13.2. The number of rotatable bonds is 8. The number of fused-ring (bicyclic) bond motifs is 1. The van der Waals surface area contributed by atoms with Crippen LogP contribution in [0.15, 0.2) is 61.8 Å². The Hall–Kier alpha value is -2.45. The van der Waals surface area contributed by atoms with Crippen LogP contribution in [-0.4, -0.2) is 29.1 Å². The van der Waals surface area contributed by atoms with E-state index in [1.54, 1.807) is 18.4 Å². The highest BCUT2D eigenvalue weighted by Crippen LogP contribution is 2.33. The van der Waals surface area contributed by atoms with Crippen molar-refractivity contribution in [3.8, 4) is 11.5 Å². The molecule has 0 bridgehead atoms. The largest absolute Gasteiger partial charge is 0.490 e. The maximum atomic E-state index is 13.2. The Kier molecular flexibility index (Phi) is 7.67. The minimum atomic E-state index is -0.224. The van der Waals surface area contributed by atoms with Gasteiger partial charge in [-0.2, -0.15) is 9.78 Å². The van der Waals surface area contributed by atoms with Crippen molar-refractivity contribution >= 4 is 49.0 Å². The average Bonchev–Trinajstić information content (AvgIpc) is 2.74. The molecule has 0 radical (unpaired) electrons. The van der Waals surface area contributed by atoms with Crippen LogP contribution in [0, 0.1) is 0 Å². The zero-order valence-corrected chi connectivity index (χ0v) is 20.7. The van der Waals surface area contributed by atoms with Gasteiger partial charge in [-0.1, -0.05) is 42.4 Å². The SMILES string of the molecule is C=CCOc1cc(Br)c(C=Nn2c(C(C)C)nc3ccc(Br)cc3c2=O)cc1OCC. The number of ether oxygens (including phenoxy) is 2. The number of hydrogen-bond acceptors (Lipinski definition) is 5. The van der Waals surface area contributed by atoms with Crippen LogP contribution < -0.4 is 15.0 Å². The third-order valence-electron chi connectivity index (χ3n) is 4.38. The van der Waals surface area contributed by atoms with Gasteiger partial charge in [0.2, 0.25) is 0 Å². The summed E-state index contributed by atoms with van der Waals surface area (Å²) in [6.45, 7) is 10.4. The molecule has 0 amide bonds. The molecule has 0 aliphatic heterocycles. The van der Waals surface area contributed by atoms with E-state index in [1.165, 1.54) is 4.68 Å². The molecule has 0 fully saturated rings. The minimum Gasteiger partial charge on any atom is -0.490 e. The van der Waals surface area contributed by atoms with Crippen LogP contribution in [0.1, 0.15) is 38.1 Å². The molecule has 3 rings (SSSR count). The maximum Gasteiger partial charge on any atom is 0.282 e. The number of halogens is 2. The lowest BCUT2D eigenvalue weighted by molar-refractivity contribution is 0.296. The zero-order valence-electron chi connectivity index (χ0n) is 17.6. The van der Waals surface area contributed by atoms with E-state index >= 15 is 0 Å². The third-order valence-corrected chi connectivity index (χ3v) is 5.56. The van der Waals surface area contributed by atoms with E-state index in [0.29, 0.717) is 41.4 Å². The Balaban J connectivity index is 2.11. The third kappa shape index (κ3) is 5.25. The van der Waals surface area contributed by atoms with Gasteiger partial charge in [0.25, 0.3) is 5.56 Å². The van der Waals surface area contributed by atoms with Crippen LogP contribution in [0.4, 0.5) is 0 Å². The van der Waals surface area contributed by atoms with E-state index in [1.807, 2.05) is 45.0 Å². The number of nitrogens with zero attached hydrogens (tertiary/aromatic N) is 3. The highest BCUT2D eigenvalue weighted by molar-refractivity contribution is 9.10. The van der Waals surface area contributed by atoms with Crippen molar-refractivity contribution in [2.24, 2.45) is 5.10 Å². The summed E-state index contributed by atoms with van der Waals surface area (Å²) in [7, 11) is 0. The lowest BCUT2D eigenvalue weighted by Gasteiger charge is -2.14. The lowest BCUT2D eigenvalue weighted by atomic mass is 10.2. The Morgan fingerprint density at radius 2 is 1.94 bits per heavy atom. The minimum absolute atomic E-state index is 0.00926. The fourth-order valence-electron chi connectivity index (χ4n) is 2.95. The van der Waals surface area contributed by atoms with Crippen LogP contribution in [0.5, 0.6) is 11.5 Å². The van der Waals surface area contributed by atoms with Crippen molar-refractivity contribution in [2.75, 3.05) is 13.2 Å². The van der Waals surface area contributed by atoms with Gasteiger partial charge in [-0.15, -0.1) is 0 Å². The molecule has 0 saturated carbocycles. The molecule has 0 aliphatic carbocycles. The Morgan fingerprint density at radius 3 is 2.61 bits per heavy atom. The van der Waals surface area contributed by atoms with Crippen LogP contribution in [-0.2, 0) is 0 Å². The van der Waals surface area contributed by atoms with E-state index in [0.717, 1.165) is 14.5 Å². The molecule has 2 aromatic carbocycles. The Labute approximate surface area is 197 Å². The lowest BCUT2D eigenvalue weighted by Crippen LogP contribution is -2.23. The van der Waals surface area contributed by atoms with E-state index in [4.69, 9.17) is 9.47 Å². The molecule has 8 heteroatoms. The van der Waals surface area contributed by atoms with Crippen LogP contribution >= 0.6 is 31.9 Å². The molecule has 0 saturated heterocycles. The summed E-state index contributed by atoms with van der Waals surface area (Å²) in [5.74, 6) is 1.78. The molecule has 31 heavy (non-hydrogen) atoms. The first-order valence-electron chi connectivity index (χ1n) is 9.82. The van der Waals surface area contributed by atoms with Gasteiger partial charge in [0, 0.05) is 20.4 Å². The Bertz CT molecular complexity index is 1200. The van der Waals surface area contributed by atoms with Gasteiger partial charge < -0.3 is 9.47 Å². The van der Waals surface area contributed by atoms with Crippen molar-refractivity contribution in [3.05, 3.63) is 73.7 Å². The standard InChI is InChI=1S/C23H23Br2N3O3/c1-5-9-31-21-12-18(25)15(10-20(21)30-6-2)13-26-28-22(14(3)4)27-19-8-7-16(24)11-17(19)23(28)29/h5,7-8,10-14H,1,6,9H2,2-4H3. The molecule has 3 aromatic rings. The van der Waals surface area contributed by atoms with Crippen molar-refractivity contribution < 1.29 is 9.47 Å². The fraction of sp³-hybridized carbons (Fsp3) is 0.261. The first kappa shape index (κ1) is 23.2. The molecular formula is C23H23Br2N3O3. The predicted octanol–water partition coefficient (Wildman–Crippen LogP) is 5.89. The van der Waals surface area contributed by atoms with Crippen molar-refractivity contribution in [1.82, 2.24) is 9.66 Å². The van der Waals surface area contributed by atoms with Gasteiger partial charge in [-0.25, -0.2) is 4.98 Å². The van der Waals surface area contributed by atoms with Crippen LogP contribution in [0.3, 0.4) is 0 Å². The van der Waals surface area contributed by atoms with Crippen molar-refractivity contribution in [2.45, 2.75) is 26.7 Å². The number of benzene rings is 2. The topological polar surface area (TPSA) is 65.7 Å². The molecule has 0 spiro atoms. The molecular weight excluding hydrogens is 526 g/mol. The van der Waals surface area contributed by atoms with Crippen LogP contribution in [0.2, 0.25) is 0 Å². The van der Waals surface area contributed by atoms with E-state index in [9.17, 15) is 4.79 Å². The van der Waals surface area contributed by atoms with Gasteiger partial charge in [0.15, 0.2) is 11.5 Å². The summed E-state index contributed by atoms with van der Waals surface area (Å²) >= 11 is 6.97. The predicted molar refractivity (Wildman–Crippen MR) is 132 cm³/mol. The van der Waals surface area contributed by atoms with E-state index < -0.39 is 0 Å². The molecule has 0 unspecified atom stereocenters. The molecule has 0 aliphatic rings. The normalized spacial score (nSPS) is 11.4. The average molecular weight is 549 g/mol. The zero-order chi connectivity index (χ0) is 22.5. The summed E-state index contributed by atoms with van der Waals surface area (Å²) in [4.78, 5) is 17.8. The monoisotopic (exact) mass is 547 g/mol. The molecule has 162 valence electrons. The summed E-state index contributed by atoms with van der Waals surface area (Å²) in [5.41, 5.74) is 1.16. The molecule has 6 nitrogen and oxygen atoms in total. The van der Waals surface area contributed by atoms with Crippen molar-refractivity contribution in [3.63, 3.8) is 0 Å². The highest BCUT2D eigenvalue weighted by atomic mass is 79.9. The van der Waals surface area contributed by atoms with Crippen molar-refractivity contribution in [1.29, 1.82) is 0 Å². The molecule has 0 atom stereocenters. The summed E-state index contributed by atoms with van der Waals surface area (Å²) in [6.07, 6.45) is 3.28. The second kappa shape index (κ2) is 10.2. The van der Waals surface area contributed by atoms with Gasteiger partial charge >= 0.3 is 0 Å². The first-order chi connectivity index (χ1) is 14.8. The van der Waals surface area contributed by atoms with E-state index in [-0.39, 0.29) is 11.5 Å². The second-order valence-corrected chi connectivity index (χ2v) is 8.77. The quantitative estimate of drug-likeness (QED) is 0.260. The van der Waals surface area contributed by atoms with Crippen LogP contribution in [0.25, 0.3) is 10.9 Å². The highest BCUT2D eigenvalue weighted by Gasteiger charge is 2.15. The molecule has 1 aromatic heterocycles. The molecule has 1 heterocycles. The number of hydrogen-bond donors (Lipinski definition) is 0. The Morgan fingerprint density at radius 1 is 1.19 bits per heavy atom. The smallest absolute Gasteiger partial charge is 0.282 e. The summed E-state index contributed by atoms with van der Waals surface area (Å²) in [6, 6.07) is 9.09. The van der Waals surface area contributed by atoms with E-state index in [2.05, 4.69) is 48.5 Å². The number of aromatic nitrogens is 2. The summed E-state index contributed by atoms with van der Waals surface area (Å²) in [5, 5.41) is 4.99. The molecule has 0 N–H and O–H groups in total. The fourth-order valence-corrected chi connectivity index (χ4v) is 3.74. The van der Waals surface area contributed by atoms with Gasteiger partial charge in [0.05, 0.1) is 23.7 Å². The second-order valence-electron chi connectivity index (χ2n) is 7.00. The van der Waals surface area contributed by atoms with Gasteiger partial charge in [-0.05, 0) is 53.2 Å². The van der Waals surface area contributed by atoms with Gasteiger partial charge in [0.1, 0.15) is 12.4 Å².